The fourth-order valence-corrected chi connectivity index (χ4v) is 2.18. The SMILES string of the molecule is Nc1csc(NN=Cc2c(Cl)cccc2C(F)(F)F)n1. The number of hydrogen-bond acceptors (Lipinski definition) is 5. The van der Waals surface area contributed by atoms with E-state index in [1.807, 2.05) is 0 Å². The van der Waals surface area contributed by atoms with Crippen molar-refractivity contribution in [3.63, 3.8) is 0 Å². The molecular formula is C11H8ClF3N4S. The Morgan fingerprint density at radius 3 is 2.75 bits per heavy atom. The Hall–Kier alpha value is -1.80. The molecule has 0 spiro atoms. The molecule has 1 aromatic carbocycles. The highest BCUT2D eigenvalue weighted by Gasteiger charge is 2.33. The summed E-state index contributed by atoms with van der Waals surface area (Å²) in [7, 11) is 0. The van der Waals surface area contributed by atoms with Gasteiger partial charge in [0, 0.05) is 10.9 Å². The van der Waals surface area contributed by atoms with Gasteiger partial charge in [-0.3, -0.25) is 5.43 Å². The molecule has 20 heavy (non-hydrogen) atoms. The first-order chi connectivity index (χ1) is 9.38. The number of benzene rings is 1. The van der Waals surface area contributed by atoms with Crippen molar-refractivity contribution in [2.75, 3.05) is 11.2 Å². The maximum atomic E-state index is 12.8. The lowest BCUT2D eigenvalue weighted by molar-refractivity contribution is -0.137. The van der Waals surface area contributed by atoms with Crippen LogP contribution < -0.4 is 11.2 Å². The van der Waals surface area contributed by atoms with Crippen LogP contribution in [0, 0.1) is 0 Å². The van der Waals surface area contributed by atoms with Crippen molar-refractivity contribution < 1.29 is 13.2 Å². The van der Waals surface area contributed by atoms with E-state index in [4.69, 9.17) is 17.3 Å². The number of aromatic nitrogens is 1. The van der Waals surface area contributed by atoms with Gasteiger partial charge in [0.1, 0.15) is 5.82 Å². The zero-order valence-electron chi connectivity index (χ0n) is 9.78. The van der Waals surface area contributed by atoms with Gasteiger partial charge in [0.25, 0.3) is 0 Å². The number of nitrogens with one attached hydrogen (secondary N) is 1. The highest BCUT2D eigenvalue weighted by molar-refractivity contribution is 7.14. The van der Waals surface area contributed by atoms with Crippen molar-refractivity contribution in [1.82, 2.24) is 4.98 Å². The van der Waals surface area contributed by atoms with Gasteiger partial charge in [-0.15, -0.1) is 11.3 Å². The van der Waals surface area contributed by atoms with Crippen LogP contribution >= 0.6 is 22.9 Å². The molecule has 0 unspecified atom stereocenters. The maximum absolute atomic E-state index is 12.8. The molecule has 3 N–H and O–H groups in total. The Balaban J connectivity index is 2.24. The standard InChI is InChI=1S/C11H8ClF3N4S/c12-8-3-1-2-7(11(13,14)15)6(8)4-17-19-10-18-9(16)5-20-10/h1-5H,16H2,(H,18,19). The minimum Gasteiger partial charge on any atom is -0.383 e. The van der Waals surface area contributed by atoms with Crippen LogP contribution in [0.25, 0.3) is 0 Å². The first kappa shape index (κ1) is 14.6. The summed E-state index contributed by atoms with van der Waals surface area (Å²) in [6, 6.07) is 3.53. The average Bonchev–Trinajstić information content (AvgIpc) is 2.76. The van der Waals surface area contributed by atoms with Crippen molar-refractivity contribution in [2.24, 2.45) is 5.10 Å². The number of thiazole rings is 1. The molecule has 0 radical (unpaired) electrons. The summed E-state index contributed by atoms with van der Waals surface area (Å²) < 4.78 is 38.4. The van der Waals surface area contributed by atoms with Gasteiger partial charge >= 0.3 is 6.18 Å². The number of alkyl halides is 3. The van der Waals surface area contributed by atoms with Gasteiger partial charge in [0.15, 0.2) is 0 Å². The lowest BCUT2D eigenvalue weighted by Gasteiger charge is -2.10. The van der Waals surface area contributed by atoms with E-state index >= 15 is 0 Å². The number of anilines is 2. The van der Waals surface area contributed by atoms with E-state index in [0.717, 1.165) is 12.3 Å². The molecule has 0 aliphatic rings. The molecule has 106 valence electrons. The molecule has 4 nitrogen and oxygen atoms in total. The summed E-state index contributed by atoms with van der Waals surface area (Å²) in [6.07, 6.45) is -3.50. The monoisotopic (exact) mass is 320 g/mol. The second kappa shape index (κ2) is 5.68. The number of hydrazone groups is 1. The second-order valence-electron chi connectivity index (χ2n) is 3.65. The normalized spacial score (nSPS) is 12.0. The van der Waals surface area contributed by atoms with Crippen molar-refractivity contribution in [1.29, 1.82) is 0 Å². The van der Waals surface area contributed by atoms with Crippen LogP contribution in [0.5, 0.6) is 0 Å². The molecule has 0 bridgehead atoms. The summed E-state index contributed by atoms with van der Waals surface area (Å²) >= 11 is 6.95. The summed E-state index contributed by atoms with van der Waals surface area (Å²) in [5.74, 6) is 0.307. The molecule has 0 aliphatic heterocycles. The molecule has 0 fully saturated rings. The zero-order chi connectivity index (χ0) is 14.8. The van der Waals surface area contributed by atoms with Gasteiger partial charge in [0.2, 0.25) is 5.13 Å². The minimum atomic E-state index is -4.50. The van der Waals surface area contributed by atoms with E-state index in [-0.39, 0.29) is 10.6 Å². The van der Waals surface area contributed by atoms with Gasteiger partial charge in [-0.25, -0.2) is 4.98 Å². The fraction of sp³-hybridized carbons (Fsp3) is 0.0909. The molecule has 9 heteroatoms. The topological polar surface area (TPSA) is 63.3 Å². The smallest absolute Gasteiger partial charge is 0.383 e. The van der Waals surface area contributed by atoms with E-state index in [2.05, 4.69) is 15.5 Å². The van der Waals surface area contributed by atoms with Crippen molar-refractivity contribution in [3.05, 3.63) is 39.7 Å². The van der Waals surface area contributed by atoms with Gasteiger partial charge in [0.05, 0.1) is 16.8 Å². The number of rotatable bonds is 3. The third-order valence-corrected chi connectivity index (χ3v) is 3.33. The molecule has 0 atom stereocenters. The molecule has 1 heterocycles. The maximum Gasteiger partial charge on any atom is 0.417 e. The highest BCUT2D eigenvalue weighted by atomic mass is 35.5. The highest BCUT2D eigenvalue weighted by Crippen LogP contribution is 2.34. The number of nitrogens with zero attached hydrogens (tertiary/aromatic N) is 2. The van der Waals surface area contributed by atoms with Crippen molar-refractivity contribution in [2.45, 2.75) is 6.18 Å². The molecule has 2 rings (SSSR count). The second-order valence-corrected chi connectivity index (χ2v) is 4.91. The van der Waals surface area contributed by atoms with Gasteiger partial charge < -0.3 is 5.73 Å². The average molecular weight is 321 g/mol. The number of halogens is 4. The van der Waals surface area contributed by atoms with Crippen LogP contribution in [0.1, 0.15) is 11.1 Å². The Bertz CT molecular complexity index is 639. The van der Waals surface area contributed by atoms with Gasteiger partial charge in [-0.2, -0.15) is 18.3 Å². The minimum absolute atomic E-state index is 0.0379. The van der Waals surface area contributed by atoms with E-state index in [0.29, 0.717) is 10.9 Å². The molecule has 0 saturated heterocycles. The van der Waals surface area contributed by atoms with Crippen LogP contribution in [-0.2, 0) is 6.18 Å². The first-order valence-corrected chi connectivity index (χ1v) is 6.49. The summed E-state index contributed by atoms with van der Waals surface area (Å²) in [6.45, 7) is 0. The largest absolute Gasteiger partial charge is 0.417 e. The summed E-state index contributed by atoms with van der Waals surface area (Å²) in [5, 5.41) is 5.61. The van der Waals surface area contributed by atoms with Crippen molar-refractivity contribution in [3.8, 4) is 0 Å². The Kier molecular flexibility index (Phi) is 4.15. The van der Waals surface area contributed by atoms with Crippen LogP contribution in [0.15, 0.2) is 28.7 Å². The summed E-state index contributed by atoms with van der Waals surface area (Å²) in [4.78, 5) is 3.85. The van der Waals surface area contributed by atoms with E-state index in [1.165, 1.54) is 23.5 Å². The Morgan fingerprint density at radius 2 is 2.15 bits per heavy atom. The first-order valence-electron chi connectivity index (χ1n) is 5.23. The molecule has 2 aromatic rings. The number of nitrogens with two attached hydrogens (primary N) is 1. The van der Waals surface area contributed by atoms with Crippen LogP contribution in [0.2, 0.25) is 5.02 Å². The Morgan fingerprint density at radius 1 is 1.40 bits per heavy atom. The quantitative estimate of drug-likeness (QED) is 0.667. The van der Waals surface area contributed by atoms with E-state index in [1.54, 1.807) is 5.38 Å². The van der Waals surface area contributed by atoms with Crippen LogP contribution in [0.4, 0.5) is 24.1 Å². The molecule has 0 saturated carbocycles. The van der Waals surface area contributed by atoms with E-state index < -0.39 is 11.7 Å². The fourth-order valence-electron chi connectivity index (χ4n) is 1.40. The van der Waals surface area contributed by atoms with Crippen molar-refractivity contribution >= 4 is 40.1 Å². The van der Waals surface area contributed by atoms with Crippen LogP contribution in [-0.4, -0.2) is 11.2 Å². The molecular weight excluding hydrogens is 313 g/mol. The predicted octanol–water partition coefficient (Wildman–Crippen LogP) is 3.84. The number of hydrogen-bond donors (Lipinski definition) is 2. The third-order valence-electron chi connectivity index (χ3n) is 2.23. The lowest BCUT2D eigenvalue weighted by Crippen LogP contribution is -2.09. The number of nitrogen functional groups attached to an aromatic ring is 1. The molecule has 0 aliphatic carbocycles. The van der Waals surface area contributed by atoms with Gasteiger partial charge in [-0.05, 0) is 12.1 Å². The third kappa shape index (κ3) is 3.40. The lowest BCUT2D eigenvalue weighted by atomic mass is 10.1. The van der Waals surface area contributed by atoms with Crippen LogP contribution in [0.3, 0.4) is 0 Å². The molecule has 1 aromatic heterocycles. The predicted molar refractivity (Wildman–Crippen MR) is 74.2 cm³/mol. The summed E-state index contributed by atoms with van der Waals surface area (Å²) in [5.41, 5.74) is 6.83. The zero-order valence-corrected chi connectivity index (χ0v) is 11.4. The Labute approximate surface area is 121 Å². The molecule has 0 amide bonds. The van der Waals surface area contributed by atoms with E-state index in [9.17, 15) is 13.2 Å². The van der Waals surface area contributed by atoms with Gasteiger partial charge in [-0.1, -0.05) is 17.7 Å².